The number of rotatable bonds is 10. The molecule has 2 amide bonds. The minimum atomic E-state index is -0.585. The number of aryl methyl sites for hydroxylation is 1. The molecule has 0 aliphatic carbocycles. The summed E-state index contributed by atoms with van der Waals surface area (Å²) in [5, 5.41) is 2.87. The first-order valence-corrected chi connectivity index (χ1v) is 11.8. The summed E-state index contributed by atoms with van der Waals surface area (Å²) in [6.07, 6.45) is 0.761. The van der Waals surface area contributed by atoms with E-state index in [1.165, 1.54) is 18.1 Å². The average Bonchev–Trinajstić information content (AvgIpc) is 2.81. The number of nitrogens with one attached hydrogen (secondary N) is 1. The molecule has 1 unspecified atom stereocenters. The molecule has 0 aliphatic heterocycles. The van der Waals surface area contributed by atoms with Gasteiger partial charge in [0.1, 0.15) is 6.04 Å². The van der Waals surface area contributed by atoms with E-state index in [1.807, 2.05) is 72.5 Å². The highest BCUT2D eigenvalue weighted by Gasteiger charge is 2.25. The third-order valence-corrected chi connectivity index (χ3v) is 6.26. The maximum Gasteiger partial charge on any atom is 0.246 e. The van der Waals surface area contributed by atoms with Crippen molar-refractivity contribution in [3.8, 4) is 0 Å². The fraction of sp³-hybridized carbons (Fsp3) is 0.259. The normalized spacial score (nSPS) is 11.6. The number of amides is 2. The van der Waals surface area contributed by atoms with Gasteiger partial charge in [0.15, 0.2) is 0 Å². The van der Waals surface area contributed by atoms with Crippen LogP contribution in [0.15, 0.2) is 89.8 Å². The highest BCUT2D eigenvalue weighted by Crippen LogP contribution is 2.20. The van der Waals surface area contributed by atoms with Crippen molar-refractivity contribution < 1.29 is 9.59 Å². The lowest BCUT2D eigenvalue weighted by Crippen LogP contribution is -2.49. The standard InChI is InChI=1S/C27H30N2O2S/c1-21-13-15-25(16-14-21)32-20-26(28-22(2)30)27(31)29(19-24-11-7-4-8-12-24)18-17-23-9-5-3-6-10-23/h3-16,26H,17-20H2,1-2H3,(H,28,30). The molecule has 3 aromatic rings. The van der Waals surface area contributed by atoms with Crippen molar-refractivity contribution in [2.24, 2.45) is 0 Å². The fourth-order valence-corrected chi connectivity index (χ4v) is 4.35. The molecular weight excluding hydrogens is 416 g/mol. The maximum atomic E-state index is 13.6. The summed E-state index contributed by atoms with van der Waals surface area (Å²) in [5.74, 6) is 0.230. The van der Waals surface area contributed by atoms with Crippen molar-refractivity contribution >= 4 is 23.6 Å². The van der Waals surface area contributed by atoms with Gasteiger partial charge in [-0.25, -0.2) is 0 Å². The van der Waals surface area contributed by atoms with Gasteiger partial charge in [-0.1, -0.05) is 78.4 Å². The van der Waals surface area contributed by atoms with E-state index in [4.69, 9.17) is 0 Å². The van der Waals surface area contributed by atoms with E-state index >= 15 is 0 Å². The summed E-state index contributed by atoms with van der Waals surface area (Å²) in [4.78, 5) is 28.4. The van der Waals surface area contributed by atoms with Gasteiger partial charge < -0.3 is 10.2 Å². The zero-order valence-electron chi connectivity index (χ0n) is 18.7. The van der Waals surface area contributed by atoms with Gasteiger partial charge in [0.2, 0.25) is 11.8 Å². The molecule has 166 valence electrons. The molecule has 3 rings (SSSR count). The van der Waals surface area contributed by atoms with Crippen LogP contribution in [0.5, 0.6) is 0 Å². The Balaban J connectivity index is 1.75. The van der Waals surface area contributed by atoms with Crippen LogP contribution in [0.25, 0.3) is 0 Å². The summed E-state index contributed by atoms with van der Waals surface area (Å²) in [6.45, 7) is 4.61. The largest absolute Gasteiger partial charge is 0.344 e. The molecule has 4 nitrogen and oxygen atoms in total. The third-order valence-electron chi connectivity index (χ3n) is 5.15. The number of hydrogen-bond acceptors (Lipinski definition) is 3. The molecule has 0 spiro atoms. The first-order valence-electron chi connectivity index (χ1n) is 10.8. The Bertz CT molecular complexity index is 991. The molecule has 0 saturated carbocycles. The van der Waals surface area contributed by atoms with Gasteiger partial charge in [0, 0.05) is 30.7 Å². The summed E-state index contributed by atoms with van der Waals surface area (Å²) in [7, 11) is 0. The van der Waals surface area contributed by atoms with Crippen LogP contribution in [0.4, 0.5) is 0 Å². The van der Waals surface area contributed by atoms with Gasteiger partial charge in [-0.3, -0.25) is 9.59 Å². The summed E-state index contributed by atoms with van der Waals surface area (Å²) < 4.78 is 0. The van der Waals surface area contributed by atoms with E-state index in [1.54, 1.807) is 11.8 Å². The number of hydrogen-bond donors (Lipinski definition) is 1. The van der Waals surface area contributed by atoms with Gasteiger partial charge in [0.25, 0.3) is 0 Å². The van der Waals surface area contributed by atoms with Crippen molar-refractivity contribution in [1.82, 2.24) is 10.2 Å². The van der Waals surface area contributed by atoms with Crippen molar-refractivity contribution in [3.63, 3.8) is 0 Å². The van der Waals surface area contributed by atoms with Crippen LogP contribution in [-0.2, 0) is 22.6 Å². The van der Waals surface area contributed by atoms with Gasteiger partial charge >= 0.3 is 0 Å². The van der Waals surface area contributed by atoms with E-state index in [-0.39, 0.29) is 11.8 Å². The topological polar surface area (TPSA) is 49.4 Å². The van der Waals surface area contributed by atoms with Crippen molar-refractivity contribution in [3.05, 3.63) is 102 Å². The smallest absolute Gasteiger partial charge is 0.246 e. The minimum Gasteiger partial charge on any atom is -0.344 e. The molecule has 0 fully saturated rings. The van der Waals surface area contributed by atoms with Crippen LogP contribution in [0.3, 0.4) is 0 Å². The molecule has 0 saturated heterocycles. The highest BCUT2D eigenvalue weighted by atomic mass is 32.2. The highest BCUT2D eigenvalue weighted by molar-refractivity contribution is 7.99. The first kappa shape index (κ1) is 23.6. The monoisotopic (exact) mass is 446 g/mol. The predicted molar refractivity (Wildman–Crippen MR) is 132 cm³/mol. The molecule has 0 radical (unpaired) electrons. The Kier molecular flexibility index (Phi) is 8.93. The lowest BCUT2D eigenvalue weighted by molar-refractivity contribution is -0.136. The molecule has 1 N–H and O–H groups in total. The quantitative estimate of drug-likeness (QED) is 0.452. The van der Waals surface area contributed by atoms with Crippen LogP contribution >= 0.6 is 11.8 Å². The second-order valence-electron chi connectivity index (χ2n) is 7.86. The number of carbonyl (C=O) groups is 2. The van der Waals surface area contributed by atoms with Gasteiger partial charge in [-0.15, -0.1) is 11.8 Å². The van der Waals surface area contributed by atoms with Gasteiger partial charge in [0.05, 0.1) is 0 Å². The van der Waals surface area contributed by atoms with Crippen molar-refractivity contribution in [1.29, 1.82) is 0 Å². The summed E-state index contributed by atoms with van der Waals surface area (Å²) >= 11 is 1.58. The van der Waals surface area contributed by atoms with E-state index < -0.39 is 6.04 Å². The lowest BCUT2D eigenvalue weighted by atomic mass is 10.1. The molecular formula is C27H30N2O2S. The number of benzene rings is 3. The molecule has 0 aromatic heterocycles. The van der Waals surface area contributed by atoms with Crippen LogP contribution in [0, 0.1) is 6.92 Å². The molecule has 1 atom stereocenters. The van der Waals surface area contributed by atoms with Gasteiger partial charge in [-0.05, 0) is 36.6 Å². The first-order chi connectivity index (χ1) is 15.5. The number of thioether (sulfide) groups is 1. The van der Waals surface area contributed by atoms with E-state index in [2.05, 4.69) is 29.6 Å². The number of carbonyl (C=O) groups excluding carboxylic acids is 2. The molecule has 3 aromatic carbocycles. The van der Waals surface area contributed by atoms with Crippen LogP contribution in [0.2, 0.25) is 0 Å². The molecule has 0 heterocycles. The average molecular weight is 447 g/mol. The molecule has 0 bridgehead atoms. The number of nitrogens with zero attached hydrogens (tertiary/aromatic N) is 1. The van der Waals surface area contributed by atoms with Gasteiger partial charge in [-0.2, -0.15) is 0 Å². The molecule has 5 heteroatoms. The molecule has 0 aliphatic rings. The maximum absolute atomic E-state index is 13.6. The minimum absolute atomic E-state index is 0.0559. The van der Waals surface area contributed by atoms with Crippen LogP contribution in [-0.4, -0.2) is 35.1 Å². The molecule has 32 heavy (non-hydrogen) atoms. The summed E-state index contributed by atoms with van der Waals surface area (Å²) in [5.41, 5.74) is 3.45. The van der Waals surface area contributed by atoms with E-state index in [0.29, 0.717) is 18.8 Å². The van der Waals surface area contributed by atoms with E-state index in [0.717, 1.165) is 16.9 Å². The third kappa shape index (κ3) is 7.57. The predicted octanol–water partition coefficient (Wildman–Crippen LogP) is 4.86. The Labute approximate surface area is 195 Å². The Morgan fingerprint density at radius 3 is 2.06 bits per heavy atom. The van der Waals surface area contributed by atoms with Crippen LogP contribution in [0.1, 0.15) is 23.6 Å². The Hall–Kier alpha value is -3.05. The second-order valence-corrected chi connectivity index (χ2v) is 8.95. The second kappa shape index (κ2) is 12.1. The van der Waals surface area contributed by atoms with E-state index in [9.17, 15) is 9.59 Å². The SMILES string of the molecule is CC(=O)NC(CSc1ccc(C)cc1)C(=O)N(CCc1ccccc1)Cc1ccccc1. The zero-order chi connectivity index (χ0) is 22.8. The lowest BCUT2D eigenvalue weighted by Gasteiger charge is -2.28. The zero-order valence-corrected chi connectivity index (χ0v) is 19.5. The summed E-state index contributed by atoms with van der Waals surface area (Å²) in [6, 6.07) is 27.8. The Morgan fingerprint density at radius 2 is 1.47 bits per heavy atom. The Morgan fingerprint density at radius 1 is 0.875 bits per heavy atom. The fourth-order valence-electron chi connectivity index (χ4n) is 3.43. The van der Waals surface area contributed by atoms with Crippen molar-refractivity contribution in [2.75, 3.05) is 12.3 Å². The van der Waals surface area contributed by atoms with Crippen molar-refractivity contribution in [2.45, 2.75) is 37.8 Å². The van der Waals surface area contributed by atoms with Crippen LogP contribution < -0.4 is 5.32 Å².